The highest BCUT2D eigenvalue weighted by Crippen LogP contribution is 2.36. The molecule has 1 unspecified atom stereocenters. The van der Waals surface area contributed by atoms with Crippen molar-refractivity contribution >= 4 is 12.1 Å². The number of nitrogens with two attached hydrogens (primary N) is 1. The van der Waals surface area contributed by atoms with E-state index in [1.54, 1.807) is 30.6 Å². The Bertz CT molecular complexity index is 1240. The predicted octanol–water partition coefficient (Wildman–Crippen LogP) is 4.06. The van der Waals surface area contributed by atoms with Crippen LogP contribution in [0.4, 0.5) is 0 Å². The molecule has 6 heteroatoms. The zero-order chi connectivity index (χ0) is 19.8. The molecule has 0 fully saturated rings. The van der Waals surface area contributed by atoms with E-state index < -0.39 is 0 Å². The first-order valence-electron chi connectivity index (χ1n) is 9.07. The van der Waals surface area contributed by atoms with Gasteiger partial charge in [0.2, 0.25) is 5.70 Å². The van der Waals surface area contributed by atoms with Crippen LogP contribution in [0.25, 0.3) is 0 Å². The molecule has 2 N–H and O–H groups in total. The van der Waals surface area contributed by atoms with Gasteiger partial charge in [-0.15, -0.1) is 4.59 Å². The average Bonchev–Trinajstić information content (AvgIpc) is 3.00. The zero-order valence-electron chi connectivity index (χ0n) is 15.4. The summed E-state index contributed by atoms with van der Waals surface area (Å²) in [5.41, 5.74) is 4.17. The molecule has 2 aromatic carbocycles. The summed E-state index contributed by atoms with van der Waals surface area (Å²) in [6, 6.07) is 16.8. The van der Waals surface area contributed by atoms with Crippen molar-refractivity contribution in [2.24, 2.45) is 15.8 Å². The number of fused-ring (bicyclic) bond motifs is 1. The largest absolute Gasteiger partial charge is 0.457 e. The highest BCUT2D eigenvalue weighted by atomic mass is 16.5. The number of benzene rings is 2. The molecular formula is C23H16N5O+. The fourth-order valence-electron chi connectivity index (χ4n) is 3.38. The SMILES string of the molecule is N#Cc1cccc(Oc2ccc(C3=NC(C4=CC=C4)=C4C=NC=C[N+]34N)cc2)c1. The number of hydrogen-bond acceptors (Lipinski definition) is 5. The molecule has 138 valence electrons. The van der Waals surface area contributed by atoms with E-state index in [-0.39, 0.29) is 4.59 Å². The summed E-state index contributed by atoms with van der Waals surface area (Å²) in [5, 5.41) is 9.03. The van der Waals surface area contributed by atoms with Crippen molar-refractivity contribution < 1.29 is 9.33 Å². The molecule has 29 heavy (non-hydrogen) atoms. The van der Waals surface area contributed by atoms with E-state index in [1.165, 1.54) is 0 Å². The molecule has 2 heterocycles. The molecule has 0 saturated heterocycles. The Morgan fingerprint density at radius 1 is 1.07 bits per heavy atom. The number of nitrogens with zero attached hydrogens (tertiary/aromatic N) is 4. The summed E-state index contributed by atoms with van der Waals surface area (Å²) in [5.74, 6) is 8.70. The first kappa shape index (κ1) is 17.1. The van der Waals surface area contributed by atoms with Crippen LogP contribution in [0.3, 0.4) is 0 Å². The number of aliphatic imine (C=N–C) groups is 2. The van der Waals surface area contributed by atoms with Gasteiger partial charge in [0.1, 0.15) is 23.4 Å². The Morgan fingerprint density at radius 2 is 1.90 bits per heavy atom. The molecule has 3 aliphatic rings. The Kier molecular flexibility index (Phi) is 3.85. The fourth-order valence-corrected chi connectivity index (χ4v) is 3.38. The first-order chi connectivity index (χ1) is 14.2. The zero-order valence-corrected chi connectivity index (χ0v) is 15.4. The third kappa shape index (κ3) is 2.82. The van der Waals surface area contributed by atoms with Crippen molar-refractivity contribution in [1.82, 2.24) is 0 Å². The fraction of sp³-hybridized carbons (Fsp3) is 0. The second-order valence-electron chi connectivity index (χ2n) is 6.77. The van der Waals surface area contributed by atoms with Crippen molar-refractivity contribution in [2.75, 3.05) is 0 Å². The van der Waals surface area contributed by atoms with E-state index in [0.29, 0.717) is 17.1 Å². The normalized spacial score (nSPS) is 21.2. The lowest BCUT2D eigenvalue weighted by atomic mass is 10.0. The first-order valence-corrected chi connectivity index (χ1v) is 9.07. The summed E-state index contributed by atoms with van der Waals surface area (Å²) in [6.45, 7) is 0. The van der Waals surface area contributed by atoms with Gasteiger partial charge in [-0.25, -0.2) is 0 Å². The molecule has 2 aromatic rings. The van der Waals surface area contributed by atoms with Crippen LogP contribution in [0.15, 0.2) is 106 Å². The maximum absolute atomic E-state index is 9.03. The van der Waals surface area contributed by atoms with Crippen LogP contribution < -0.4 is 10.6 Å². The Hall–Kier alpha value is -4.05. The van der Waals surface area contributed by atoms with Crippen LogP contribution in [0.5, 0.6) is 11.5 Å². The van der Waals surface area contributed by atoms with Gasteiger partial charge in [-0.05, 0) is 42.5 Å². The van der Waals surface area contributed by atoms with Crippen LogP contribution in [-0.4, -0.2) is 16.6 Å². The van der Waals surface area contributed by atoms with Crippen molar-refractivity contribution in [3.8, 4) is 17.6 Å². The van der Waals surface area contributed by atoms with Gasteiger partial charge >= 0.3 is 0 Å². The number of hydrogen-bond donors (Lipinski definition) is 1. The monoisotopic (exact) mass is 378 g/mol. The summed E-state index contributed by atoms with van der Waals surface area (Å²) < 4.78 is 5.85. The second-order valence-corrected chi connectivity index (χ2v) is 6.77. The van der Waals surface area contributed by atoms with Gasteiger partial charge < -0.3 is 4.74 Å². The molecule has 0 amide bonds. The third-order valence-corrected chi connectivity index (χ3v) is 4.93. The molecule has 1 atom stereocenters. The highest BCUT2D eigenvalue weighted by molar-refractivity contribution is 6.01. The number of allylic oxidation sites excluding steroid dienone is 4. The van der Waals surface area contributed by atoms with Crippen molar-refractivity contribution in [3.05, 3.63) is 107 Å². The Morgan fingerprint density at radius 3 is 2.62 bits per heavy atom. The molecule has 1 aliphatic carbocycles. The molecule has 5 rings (SSSR count). The quantitative estimate of drug-likeness (QED) is 0.643. The van der Waals surface area contributed by atoms with Crippen LogP contribution in [0, 0.1) is 11.3 Å². The number of nitriles is 1. The van der Waals surface area contributed by atoms with E-state index in [0.717, 1.165) is 28.4 Å². The molecule has 0 bridgehead atoms. The summed E-state index contributed by atoms with van der Waals surface area (Å²) in [7, 11) is 0. The topological polar surface area (TPSA) is 83.8 Å². The Labute approximate surface area is 167 Å². The van der Waals surface area contributed by atoms with Crippen LogP contribution in [-0.2, 0) is 0 Å². The molecule has 0 aromatic heterocycles. The lowest BCUT2D eigenvalue weighted by molar-refractivity contribution is -0.750. The maximum Gasteiger partial charge on any atom is 0.265 e. The molecular weight excluding hydrogens is 362 g/mol. The number of ether oxygens (including phenoxy) is 1. The molecule has 2 aliphatic heterocycles. The maximum atomic E-state index is 9.03. The predicted molar refractivity (Wildman–Crippen MR) is 111 cm³/mol. The van der Waals surface area contributed by atoms with Crippen LogP contribution in [0.1, 0.15) is 11.1 Å². The van der Waals surface area contributed by atoms with E-state index in [1.807, 2.05) is 54.8 Å². The van der Waals surface area contributed by atoms with Gasteiger partial charge in [0, 0.05) is 5.57 Å². The van der Waals surface area contributed by atoms with Crippen LogP contribution in [0.2, 0.25) is 0 Å². The van der Waals surface area contributed by atoms with E-state index in [9.17, 15) is 0 Å². The molecule has 0 radical (unpaired) electrons. The van der Waals surface area contributed by atoms with Crippen LogP contribution >= 0.6 is 0 Å². The lowest BCUT2D eigenvalue weighted by Crippen LogP contribution is -2.53. The third-order valence-electron chi connectivity index (χ3n) is 4.93. The van der Waals surface area contributed by atoms with Crippen molar-refractivity contribution in [2.45, 2.75) is 0 Å². The lowest BCUT2D eigenvalue weighted by Gasteiger charge is -2.26. The molecule has 6 nitrogen and oxygen atoms in total. The highest BCUT2D eigenvalue weighted by Gasteiger charge is 2.44. The van der Waals surface area contributed by atoms with Gasteiger partial charge in [-0.1, -0.05) is 24.3 Å². The van der Waals surface area contributed by atoms with Gasteiger partial charge in [0.15, 0.2) is 0 Å². The summed E-state index contributed by atoms with van der Waals surface area (Å²) >= 11 is 0. The summed E-state index contributed by atoms with van der Waals surface area (Å²) in [4.78, 5) is 9.07. The van der Waals surface area contributed by atoms with Gasteiger partial charge in [0.05, 0.1) is 29.6 Å². The van der Waals surface area contributed by atoms with E-state index in [2.05, 4.69) is 11.1 Å². The minimum Gasteiger partial charge on any atom is -0.457 e. The minimum absolute atomic E-state index is 0.0194. The minimum atomic E-state index is -0.0194. The van der Waals surface area contributed by atoms with Crippen molar-refractivity contribution in [1.29, 1.82) is 5.26 Å². The van der Waals surface area contributed by atoms with Crippen molar-refractivity contribution in [3.63, 3.8) is 0 Å². The number of amidine groups is 1. The number of rotatable bonds is 4. The van der Waals surface area contributed by atoms with Gasteiger partial charge in [-0.3, -0.25) is 4.99 Å². The second kappa shape index (κ2) is 6.53. The molecule has 0 saturated carbocycles. The van der Waals surface area contributed by atoms with Gasteiger partial charge in [0.25, 0.3) is 5.84 Å². The van der Waals surface area contributed by atoms with Gasteiger partial charge in [-0.2, -0.15) is 16.1 Å². The number of quaternary nitrogens is 1. The summed E-state index contributed by atoms with van der Waals surface area (Å²) in [6.07, 6.45) is 11.3. The average molecular weight is 378 g/mol. The molecule has 0 spiro atoms. The smallest absolute Gasteiger partial charge is 0.265 e. The van der Waals surface area contributed by atoms with E-state index >= 15 is 0 Å². The Balaban J connectivity index is 1.45. The van der Waals surface area contributed by atoms with E-state index in [4.69, 9.17) is 20.8 Å². The standard InChI is InChI=1S/C23H16N5O/c24-14-16-3-1-6-20(13-16)29-19-9-7-18(8-10-19)23-27-22(17-4-2-5-17)21-15-26-11-12-28(21,23)25/h1-13,15H,25H2/q+1.